The van der Waals surface area contributed by atoms with Crippen molar-refractivity contribution in [1.82, 2.24) is 25.1 Å². The molecule has 6 nitrogen and oxygen atoms in total. The number of nitrogens with zero attached hydrogens (tertiary/aromatic N) is 5. The molecule has 28 heavy (non-hydrogen) atoms. The lowest BCUT2D eigenvalue weighted by atomic mass is 10.0. The molecule has 0 amide bonds. The Morgan fingerprint density at radius 2 is 1.64 bits per heavy atom. The van der Waals surface area contributed by atoms with Crippen LogP contribution in [0.4, 0.5) is 0 Å². The zero-order valence-electron chi connectivity index (χ0n) is 16.1. The van der Waals surface area contributed by atoms with Gasteiger partial charge in [-0.15, -0.1) is 10.2 Å². The Morgan fingerprint density at radius 1 is 0.929 bits per heavy atom. The van der Waals surface area contributed by atoms with Gasteiger partial charge in [-0.1, -0.05) is 42.5 Å². The monoisotopic (exact) mass is 373 g/mol. The normalized spacial score (nSPS) is 11.1. The highest BCUT2D eigenvalue weighted by molar-refractivity contribution is 5.66. The first-order valence-electron chi connectivity index (χ1n) is 9.08. The number of rotatable bonds is 5. The summed E-state index contributed by atoms with van der Waals surface area (Å²) in [6, 6.07) is 17.9. The summed E-state index contributed by atoms with van der Waals surface area (Å²) in [4.78, 5) is 11.5. The summed E-state index contributed by atoms with van der Waals surface area (Å²) < 4.78 is 5.89. The number of benzene rings is 2. The highest BCUT2D eigenvalue weighted by atomic mass is 16.4. The highest BCUT2D eigenvalue weighted by Crippen LogP contribution is 2.28. The van der Waals surface area contributed by atoms with Crippen molar-refractivity contribution in [3.05, 3.63) is 72.1 Å². The van der Waals surface area contributed by atoms with Gasteiger partial charge in [-0.25, -0.2) is 4.98 Å². The molecule has 2 heterocycles. The van der Waals surface area contributed by atoms with Gasteiger partial charge in [0.05, 0.1) is 17.6 Å². The Morgan fingerprint density at radius 3 is 2.43 bits per heavy atom. The van der Waals surface area contributed by atoms with Crippen LogP contribution in [0.25, 0.3) is 34.3 Å². The average molecular weight is 373 g/mol. The fourth-order valence-corrected chi connectivity index (χ4v) is 3.05. The average Bonchev–Trinajstić information content (AvgIpc) is 3.19. The molecular formula is C22H23N5O. The molecule has 2 aromatic carbocycles. The van der Waals surface area contributed by atoms with Crippen LogP contribution in [0.15, 0.2) is 65.2 Å². The van der Waals surface area contributed by atoms with Crippen LogP contribution in [0, 0.1) is 6.92 Å². The van der Waals surface area contributed by atoms with Crippen molar-refractivity contribution < 1.29 is 5.84 Å². The van der Waals surface area contributed by atoms with Crippen LogP contribution < -0.4 is 0 Å². The summed E-state index contributed by atoms with van der Waals surface area (Å²) in [6.45, 7) is 2.71. The van der Waals surface area contributed by atoms with Crippen LogP contribution >= 0.6 is 0 Å². The van der Waals surface area contributed by atoms with E-state index in [-0.39, 0.29) is 1.43 Å². The van der Waals surface area contributed by atoms with Crippen LogP contribution in [-0.2, 0) is 6.54 Å². The van der Waals surface area contributed by atoms with Crippen LogP contribution in [0.3, 0.4) is 0 Å². The van der Waals surface area contributed by atoms with E-state index in [1.165, 1.54) is 5.56 Å². The number of hydrogen-bond donors (Lipinski definition) is 0. The smallest absolute Gasteiger partial charge is 0.268 e. The van der Waals surface area contributed by atoms with Gasteiger partial charge in [0, 0.05) is 19.1 Å². The highest BCUT2D eigenvalue weighted by Gasteiger charge is 2.17. The van der Waals surface area contributed by atoms with Crippen LogP contribution in [-0.4, -0.2) is 39.2 Å². The van der Waals surface area contributed by atoms with Gasteiger partial charge in [-0.2, -0.15) is 0 Å². The maximum atomic E-state index is 5.89. The maximum Gasteiger partial charge on any atom is 0.268 e. The van der Waals surface area contributed by atoms with Crippen LogP contribution in [0.2, 0.25) is 0 Å². The summed E-state index contributed by atoms with van der Waals surface area (Å²) in [6.07, 6.45) is 1.79. The van der Waals surface area contributed by atoms with E-state index in [0.717, 1.165) is 29.1 Å². The summed E-state index contributed by atoms with van der Waals surface area (Å²) in [7, 11) is 4.10. The lowest BCUT2D eigenvalue weighted by Crippen LogP contribution is -2.11. The van der Waals surface area contributed by atoms with E-state index < -0.39 is 0 Å². The Bertz CT molecular complexity index is 1100. The van der Waals surface area contributed by atoms with Gasteiger partial charge in [0.1, 0.15) is 5.69 Å². The molecule has 0 fully saturated rings. The van der Waals surface area contributed by atoms with Gasteiger partial charge in [-0.05, 0) is 38.7 Å². The minimum Gasteiger partial charge on any atom is -0.415 e. The third-order valence-electron chi connectivity index (χ3n) is 4.38. The first-order valence-corrected chi connectivity index (χ1v) is 9.08. The molecule has 0 aliphatic heterocycles. The fraction of sp³-hybridized carbons (Fsp3) is 0.182. The van der Waals surface area contributed by atoms with Crippen molar-refractivity contribution in [1.29, 1.82) is 0 Å². The van der Waals surface area contributed by atoms with Gasteiger partial charge in [0.25, 0.3) is 5.89 Å². The molecule has 0 radical (unpaired) electrons. The molecule has 0 unspecified atom stereocenters. The largest absolute Gasteiger partial charge is 0.415 e. The lowest BCUT2D eigenvalue weighted by molar-refractivity contribution is 0.403. The Kier molecular flexibility index (Phi) is 4.95. The SMILES string of the molecule is Cc1ncc(-c2ccccc2CN(C)C)nc1-c1nnc(-c2ccccc2)o1.[HH]. The molecule has 2 aromatic heterocycles. The standard InChI is InChI=1S/C22H21N5O.H2/c1-15-20(22-26-25-21(28-22)16-9-5-4-6-10-16)24-19(13-23-15)18-12-8-7-11-17(18)14-27(2)3;/h4-13H,14H2,1-3H3;1H. The van der Waals surface area contributed by atoms with Crippen molar-refractivity contribution in [3.63, 3.8) is 0 Å². The molecule has 0 saturated carbocycles. The second-order valence-corrected chi connectivity index (χ2v) is 6.86. The van der Waals surface area contributed by atoms with Crippen molar-refractivity contribution in [2.24, 2.45) is 0 Å². The van der Waals surface area contributed by atoms with Crippen molar-refractivity contribution in [2.45, 2.75) is 13.5 Å². The Hall–Kier alpha value is -3.38. The van der Waals surface area contributed by atoms with Crippen LogP contribution in [0.1, 0.15) is 12.7 Å². The molecule has 0 bridgehead atoms. The van der Waals surface area contributed by atoms with E-state index in [0.29, 0.717) is 17.5 Å². The van der Waals surface area contributed by atoms with Gasteiger partial charge in [0.2, 0.25) is 5.89 Å². The van der Waals surface area contributed by atoms with E-state index in [1.807, 2.05) is 63.5 Å². The Balaban J connectivity index is 0.00000240. The minimum atomic E-state index is 0. The Labute approximate surface area is 165 Å². The second kappa shape index (κ2) is 7.70. The van der Waals surface area contributed by atoms with Gasteiger partial charge >= 0.3 is 0 Å². The number of hydrogen-bond acceptors (Lipinski definition) is 6. The number of aryl methyl sites for hydroxylation is 1. The number of aromatic nitrogens is 4. The van der Waals surface area contributed by atoms with Crippen molar-refractivity contribution >= 4 is 0 Å². The van der Waals surface area contributed by atoms with E-state index >= 15 is 0 Å². The van der Waals surface area contributed by atoms with E-state index in [2.05, 4.69) is 32.2 Å². The maximum absolute atomic E-state index is 5.89. The first-order chi connectivity index (χ1) is 13.6. The molecule has 6 heteroatoms. The predicted octanol–water partition coefficient (Wildman–Crippen LogP) is 4.48. The summed E-state index contributed by atoms with van der Waals surface area (Å²) in [5, 5.41) is 8.37. The first kappa shape index (κ1) is 18.0. The molecule has 0 atom stereocenters. The second-order valence-electron chi connectivity index (χ2n) is 6.86. The van der Waals surface area contributed by atoms with Gasteiger partial charge in [-0.3, -0.25) is 4.98 Å². The van der Waals surface area contributed by atoms with Gasteiger partial charge in [0.15, 0.2) is 0 Å². The fourth-order valence-electron chi connectivity index (χ4n) is 3.05. The molecule has 0 aliphatic rings. The molecule has 0 spiro atoms. The van der Waals surface area contributed by atoms with Crippen molar-refractivity contribution in [2.75, 3.05) is 14.1 Å². The minimum absolute atomic E-state index is 0. The van der Waals surface area contributed by atoms with Gasteiger partial charge < -0.3 is 9.32 Å². The summed E-state index contributed by atoms with van der Waals surface area (Å²) >= 11 is 0. The van der Waals surface area contributed by atoms with E-state index in [1.54, 1.807) is 6.20 Å². The third-order valence-corrected chi connectivity index (χ3v) is 4.38. The molecule has 0 aliphatic carbocycles. The summed E-state index contributed by atoms with van der Waals surface area (Å²) in [5.74, 6) is 0.839. The predicted molar refractivity (Wildman–Crippen MR) is 110 cm³/mol. The summed E-state index contributed by atoms with van der Waals surface area (Å²) in [5.41, 5.74) is 5.25. The quantitative estimate of drug-likeness (QED) is 0.514. The van der Waals surface area contributed by atoms with E-state index in [9.17, 15) is 0 Å². The third kappa shape index (κ3) is 3.68. The van der Waals surface area contributed by atoms with Crippen molar-refractivity contribution in [3.8, 4) is 34.3 Å². The topological polar surface area (TPSA) is 67.9 Å². The van der Waals surface area contributed by atoms with E-state index in [4.69, 9.17) is 9.40 Å². The molecular weight excluding hydrogens is 350 g/mol. The zero-order valence-corrected chi connectivity index (χ0v) is 16.1. The molecule has 4 aromatic rings. The molecule has 0 saturated heterocycles. The molecule has 142 valence electrons. The zero-order chi connectivity index (χ0) is 19.5. The van der Waals surface area contributed by atoms with Crippen LogP contribution in [0.5, 0.6) is 0 Å². The lowest BCUT2D eigenvalue weighted by Gasteiger charge is -2.14. The molecule has 4 rings (SSSR count). The molecule has 0 N–H and O–H groups in total.